The number of likely N-dealkylation sites (N-methyl/N-ethyl adjacent to an activating group) is 1. The van der Waals surface area contributed by atoms with Crippen LogP contribution >= 0.6 is 0 Å². The number of nitrogen functional groups attached to an aromatic ring is 1. The average Bonchev–Trinajstić information content (AvgIpc) is 3.42. The molecule has 1 saturated carbocycles. The van der Waals surface area contributed by atoms with Crippen LogP contribution in [0.2, 0.25) is 0 Å². The van der Waals surface area contributed by atoms with Crippen LogP contribution < -0.4 is 10.5 Å². The molecule has 2 unspecified atom stereocenters. The highest BCUT2D eigenvalue weighted by Gasteiger charge is 2.40. The van der Waals surface area contributed by atoms with Crippen molar-refractivity contribution in [2.75, 3.05) is 25.9 Å². The van der Waals surface area contributed by atoms with Gasteiger partial charge in [-0.1, -0.05) is 30.3 Å². The molecule has 2 atom stereocenters. The number of fused-ring (bicyclic) bond motifs is 3. The largest absolute Gasteiger partial charge is 0.457 e. The lowest BCUT2D eigenvalue weighted by molar-refractivity contribution is 0.0400. The smallest absolute Gasteiger partial charge is 0.146 e. The number of para-hydroxylation sites is 1. The van der Waals surface area contributed by atoms with Crippen LogP contribution in [0.5, 0.6) is 11.5 Å². The van der Waals surface area contributed by atoms with E-state index in [1.165, 1.54) is 51.6 Å². The number of ether oxygens (including phenoxy) is 1. The first kappa shape index (κ1) is 23.7. The molecule has 7 heteroatoms. The number of benzene rings is 2. The number of piperazine rings is 1. The van der Waals surface area contributed by atoms with Gasteiger partial charge in [0.25, 0.3) is 0 Å². The maximum atomic E-state index is 6.43. The molecule has 7 nitrogen and oxygen atoms in total. The number of rotatable bonds is 5. The van der Waals surface area contributed by atoms with Gasteiger partial charge in [-0.05, 0) is 75.4 Å². The Morgan fingerprint density at radius 3 is 2.11 bits per heavy atom. The fourth-order valence-corrected chi connectivity index (χ4v) is 7.08. The second-order valence-electron chi connectivity index (χ2n) is 11.3. The van der Waals surface area contributed by atoms with Crippen molar-refractivity contribution in [3.05, 3.63) is 67.1 Å². The molecule has 7 rings (SSSR count). The van der Waals surface area contributed by atoms with Crippen LogP contribution in [0.15, 0.2) is 67.1 Å². The molecule has 38 heavy (non-hydrogen) atoms. The third kappa shape index (κ3) is 4.24. The number of nitrogens with two attached hydrogens (primary N) is 1. The van der Waals surface area contributed by atoms with Crippen LogP contribution in [-0.2, 0) is 0 Å². The minimum atomic E-state index is 0.432. The summed E-state index contributed by atoms with van der Waals surface area (Å²) >= 11 is 0. The molecule has 0 spiro atoms. The molecule has 0 radical (unpaired) electrons. The van der Waals surface area contributed by atoms with Gasteiger partial charge in [-0.2, -0.15) is 0 Å². The maximum Gasteiger partial charge on any atom is 0.146 e. The van der Waals surface area contributed by atoms with Crippen LogP contribution in [0.3, 0.4) is 0 Å². The Morgan fingerprint density at radius 1 is 0.763 bits per heavy atom. The fraction of sp³-hybridized carbons (Fsp3) is 0.419. The molecule has 2 aliphatic heterocycles. The van der Waals surface area contributed by atoms with E-state index < -0.39 is 0 Å². The Morgan fingerprint density at radius 2 is 1.39 bits per heavy atom. The van der Waals surface area contributed by atoms with Crippen molar-refractivity contribution in [2.45, 2.75) is 62.7 Å². The van der Waals surface area contributed by atoms with E-state index >= 15 is 0 Å². The molecule has 4 heterocycles. The molecule has 3 aliphatic rings. The molecular weight excluding hydrogens is 472 g/mol. The Hall–Kier alpha value is -3.42. The van der Waals surface area contributed by atoms with Crippen LogP contribution in [0.25, 0.3) is 22.2 Å². The lowest BCUT2D eigenvalue weighted by atomic mass is 9.89. The van der Waals surface area contributed by atoms with E-state index in [9.17, 15) is 0 Å². The summed E-state index contributed by atoms with van der Waals surface area (Å²) in [6, 6.07) is 20.7. The van der Waals surface area contributed by atoms with Gasteiger partial charge in [0.15, 0.2) is 0 Å². The normalized spacial score (nSPS) is 26.1. The molecule has 2 bridgehead atoms. The van der Waals surface area contributed by atoms with Gasteiger partial charge in [0.2, 0.25) is 0 Å². The molecule has 2 aromatic carbocycles. The summed E-state index contributed by atoms with van der Waals surface area (Å²) in [5.74, 6) is 2.17. The zero-order chi connectivity index (χ0) is 25.6. The van der Waals surface area contributed by atoms with Gasteiger partial charge in [-0.3, -0.25) is 9.80 Å². The molecule has 2 saturated heterocycles. The third-order valence-corrected chi connectivity index (χ3v) is 9.23. The van der Waals surface area contributed by atoms with E-state index in [0.29, 0.717) is 17.9 Å². The highest BCUT2D eigenvalue weighted by Crippen LogP contribution is 2.40. The molecular formula is C31H36N6O. The fourth-order valence-electron chi connectivity index (χ4n) is 7.08. The Bertz CT molecular complexity index is 1400. The summed E-state index contributed by atoms with van der Waals surface area (Å²) < 4.78 is 8.38. The number of likely N-dealkylation sites (tertiary alicyclic amines) is 1. The first-order valence-electron chi connectivity index (χ1n) is 14.0. The Kier molecular flexibility index (Phi) is 6.05. The van der Waals surface area contributed by atoms with Gasteiger partial charge >= 0.3 is 0 Å². The quantitative estimate of drug-likeness (QED) is 0.371. The monoisotopic (exact) mass is 508 g/mol. The first-order chi connectivity index (χ1) is 18.6. The summed E-state index contributed by atoms with van der Waals surface area (Å²) in [7, 11) is 2.32. The van der Waals surface area contributed by atoms with Gasteiger partial charge in [-0.25, -0.2) is 9.97 Å². The van der Waals surface area contributed by atoms with E-state index in [4.69, 9.17) is 15.5 Å². The van der Waals surface area contributed by atoms with Crippen molar-refractivity contribution in [1.82, 2.24) is 24.3 Å². The van der Waals surface area contributed by atoms with Crippen molar-refractivity contribution in [2.24, 2.45) is 0 Å². The minimum Gasteiger partial charge on any atom is -0.457 e. The zero-order valence-electron chi connectivity index (χ0n) is 22.0. The highest BCUT2D eigenvalue weighted by atomic mass is 16.5. The van der Waals surface area contributed by atoms with Crippen LogP contribution in [0, 0.1) is 0 Å². The van der Waals surface area contributed by atoms with E-state index in [2.05, 4.69) is 44.7 Å². The lowest BCUT2D eigenvalue weighted by Gasteiger charge is -2.45. The predicted octanol–water partition coefficient (Wildman–Crippen LogP) is 5.73. The van der Waals surface area contributed by atoms with Crippen LogP contribution in [0.1, 0.15) is 44.6 Å². The average molecular weight is 509 g/mol. The van der Waals surface area contributed by atoms with Crippen molar-refractivity contribution >= 4 is 16.9 Å². The van der Waals surface area contributed by atoms with Crippen LogP contribution in [-0.4, -0.2) is 62.6 Å². The van der Waals surface area contributed by atoms with E-state index in [0.717, 1.165) is 45.7 Å². The van der Waals surface area contributed by atoms with Crippen molar-refractivity contribution in [3.8, 4) is 22.6 Å². The molecule has 2 N–H and O–H groups in total. The molecule has 4 aromatic rings. The highest BCUT2D eigenvalue weighted by molar-refractivity contribution is 6.00. The third-order valence-electron chi connectivity index (χ3n) is 9.23. The number of anilines is 1. The molecule has 2 aromatic heterocycles. The molecule has 3 fully saturated rings. The first-order valence-corrected chi connectivity index (χ1v) is 14.0. The summed E-state index contributed by atoms with van der Waals surface area (Å²) in [6.45, 7) is 2.49. The van der Waals surface area contributed by atoms with Gasteiger partial charge in [0.1, 0.15) is 29.3 Å². The van der Waals surface area contributed by atoms with Crippen molar-refractivity contribution in [3.63, 3.8) is 0 Å². The second-order valence-corrected chi connectivity index (χ2v) is 11.3. The van der Waals surface area contributed by atoms with Gasteiger partial charge in [0.05, 0.1) is 5.39 Å². The topological polar surface area (TPSA) is 72.4 Å². The van der Waals surface area contributed by atoms with E-state index in [-0.39, 0.29) is 0 Å². The lowest BCUT2D eigenvalue weighted by Crippen LogP contribution is -2.55. The van der Waals surface area contributed by atoms with Crippen molar-refractivity contribution < 1.29 is 4.74 Å². The predicted molar refractivity (Wildman–Crippen MR) is 151 cm³/mol. The Labute approximate surface area is 224 Å². The molecule has 1 aliphatic carbocycles. The molecule has 196 valence electrons. The summed E-state index contributed by atoms with van der Waals surface area (Å²) in [5.41, 5.74) is 9.55. The minimum absolute atomic E-state index is 0.432. The van der Waals surface area contributed by atoms with Gasteiger partial charge in [0, 0.05) is 49.0 Å². The van der Waals surface area contributed by atoms with Gasteiger partial charge in [-0.15, -0.1) is 0 Å². The van der Waals surface area contributed by atoms with Gasteiger partial charge < -0.3 is 15.0 Å². The maximum absolute atomic E-state index is 6.43. The summed E-state index contributed by atoms with van der Waals surface area (Å²) in [5, 5.41) is 0.946. The van der Waals surface area contributed by atoms with Crippen molar-refractivity contribution in [1.29, 1.82) is 0 Å². The number of hydrogen-bond donors (Lipinski definition) is 1. The van der Waals surface area contributed by atoms with E-state index in [1.54, 1.807) is 6.33 Å². The molecule has 0 amide bonds. The standard InChI is InChI=1S/C31H36N6O/c1-35-24-13-14-25(35)18-36(17-24)22-9-11-23(12-10-22)37-19-28(29-30(32)33-20-34-31(29)37)21-7-15-27(16-8-21)38-26-5-3-2-4-6-26/h2-8,15-16,19-20,22-25H,9-14,17-18H2,1H3,(H2,32,33,34)/t22-,23-,24?,25?. The zero-order valence-corrected chi connectivity index (χ0v) is 22.0. The number of nitrogens with zero attached hydrogens (tertiary/aromatic N) is 5. The Balaban J connectivity index is 1.11. The number of hydrogen-bond acceptors (Lipinski definition) is 6. The van der Waals surface area contributed by atoms with Crippen LogP contribution in [0.4, 0.5) is 5.82 Å². The summed E-state index contributed by atoms with van der Waals surface area (Å²) in [6.07, 6.45) is 11.4. The summed E-state index contributed by atoms with van der Waals surface area (Å²) in [4.78, 5) is 14.5. The van der Waals surface area contributed by atoms with E-state index in [1.807, 2.05) is 42.5 Å². The number of aromatic nitrogens is 3. The second kappa shape index (κ2) is 9.71. The SMILES string of the molecule is CN1C2CCC1CN([C@H]1CC[C@H](n3cc(-c4ccc(Oc5ccccc5)cc4)c4c(N)ncnc43)CC1)C2.